The Morgan fingerprint density at radius 3 is 2.38 bits per heavy atom. The lowest BCUT2D eigenvalue weighted by Gasteiger charge is -2.37. The quantitative estimate of drug-likeness (QED) is 0.865. The van der Waals surface area contributed by atoms with Crippen molar-refractivity contribution in [3.8, 4) is 5.75 Å². The number of aromatic hydroxyl groups is 1. The normalized spacial score (nSPS) is 16.0. The van der Waals surface area contributed by atoms with E-state index in [1.54, 1.807) is 9.80 Å². The largest absolute Gasteiger partial charge is 0.506 e. The molecule has 0 spiro atoms. The van der Waals surface area contributed by atoms with Gasteiger partial charge in [-0.25, -0.2) is 9.18 Å². The van der Waals surface area contributed by atoms with Crippen LogP contribution in [0.1, 0.15) is 20.8 Å². The molecule has 1 saturated heterocycles. The van der Waals surface area contributed by atoms with Gasteiger partial charge in [-0.05, 0) is 32.9 Å². The van der Waals surface area contributed by atoms with Gasteiger partial charge < -0.3 is 19.6 Å². The van der Waals surface area contributed by atoms with Crippen LogP contribution < -0.4 is 4.90 Å². The lowest BCUT2D eigenvalue weighted by molar-refractivity contribution is 0.0240. The summed E-state index contributed by atoms with van der Waals surface area (Å²) < 4.78 is 19.1. The number of phenolic OH excluding ortho intramolecular Hbond substituents is 1. The predicted molar refractivity (Wildman–Crippen MR) is 78.1 cm³/mol. The maximum atomic E-state index is 13.8. The maximum Gasteiger partial charge on any atom is 0.410 e. The molecule has 1 aromatic carbocycles. The molecule has 6 heteroatoms. The van der Waals surface area contributed by atoms with Crippen molar-refractivity contribution in [1.82, 2.24) is 4.90 Å². The van der Waals surface area contributed by atoms with Gasteiger partial charge in [0.05, 0.1) is 0 Å². The van der Waals surface area contributed by atoms with Crippen LogP contribution >= 0.6 is 0 Å². The Morgan fingerprint density at radius 2 is 1.86 bits per heavy atom. The molecule has 1 aromatic rings. The van der Waals surface area contributed by atoms with Crippen molar-refractivity contribution in [2.75, 3.05) is 31.1 Å². The summed E-state index contributed by atoms with van der Waals surface area (Å²) in [5.41, 5.74) is -0.334. The van der Waals surface area contributed by atoms with Crippen LogP contribution in [0.3, 0.4) is 0 Å². The standard InChI is InChI=1S/C15H21FN2O3/c1-15(2,3)21-14(20)18-9-7-17(8-10-18)13-11(16)5-4-6-12(13)19/h4-6,19H,7-10H2,1-3H3. The van der Waals surface area contributed by atoms with E-state index in [2.05, 4.69) is 0 Å². The highest BCUT2D eigenvalue weighted by Gasteiger charge is 2.27. The number of benzene rings is 1. The highest BCUT2D eigenvalue weighted by molar-refractivity contribution is 5.69. The first-order valence-corrected chi connectivity index (χ1v) is 6.98. The highest BCUT2D eigenvalue weighted by Crippen LogP contribution is 2.30. The summed E-state index contributed by atoms with van der Waals surface area (Å²) in [5, 5.41) is 9.78. The highest BCUT2D eigenvalue weighted by atomic mass is 19.1. The minimum absolute atomic E-state index is 0.0827. The molecule has 1 amide bonds. The Labute approximate surface area is 123 Å². The third-order valence-corrected chi connectivity index (χ3v) is 3.21. The zero-order valence-electron chi connectivity index (χ0n) is 12.6. The van der Waals surface area contributed by atoms with Crippen LogP contribution in [-0.2, 0) is 4.74 Å². The molecule has 116 valence electrons. The summed E-state index contributed by atoms with van der Waals surface area (Å²) in [7, 11) is 0. The number of ether oxygens (including phenoxy) is 1. The minimum atomic E-state index is -0.530. The summed E-state index contributed by atoms with van der Waals surface area (Å²) in [4.78, 5) is 15.3. The van der Waals surface area contributed by atoms with E-state index in [-0.39, 0.29) is 17.5 Å². The summed E-state index contributed by atoms with van der Waals surface area (Å²) in [6, 6.07) is 4.24. The predicted octanol–water partition coefficient (Wildman–Crippen LogP) is 2.59. The number of amides is 1. The molecule has 0 atom stereocenters. The zero-order valence-corrected chi connectivity index (χ0v) is 12.6. The van der Waals surface area contributed by atoms with Crippen molar-refractivity contribution in [3.05, 3.63) is 24.0 Å². The molecule has 0 unspecified atom stereocenters. The van der Waals surface area contributed by atoms with Gasteiger partial charge in [0.2, 0.25) is 0 Å². The molecule has 2 rings (SSSR count). The minimum Gasteiger partial charge on any atom is -0.506 e. The number of anilines is 1. The average molecular weight is 296 g/mol. The number of carbonyl (C=O) groups excluding carboxylic acids is 1. The number of hydrogen-bond donors (Lipinski definition) is 1. The van der Waals surface area contributed by atoms with Crippen molar-refractivity contribution < 1.29 is 19.0 Å². The molecule has 1 N–H and O–H groups in total. The number of phenols is 1. The first kappa shape index (κ1) is 15.4. The molecule has 21 heavy (non-hydrogen) atoms. The number of hydrogen-bond acceptors (Lipinski definition) is 4. The van der Waals surface area contributed by atoms with E-state index < -0.39 is 11.4 Å². The van der Waals surface area contributed by atoms with Crippen LogP contribution in [0.25, 0.3) is 0 Å². The van der Waals surface area contributed by atoms with E-state index >= 15 is 0 Å². The molecule has 0 saturated carbocycles. The lowest BCUT2D eigenvalue weighted by atomic mass is 10.2. The Morgan fingerprint density at radius 1 is 1.24 bits per heavy atom. The fraction of sp³-hybridized carbons (Fsp3) is 0.533. The molecular formula is C15H21FN2O3. The van der Waals surface area contributed by atoms with E-state index in [4.69, 9.17) is 4.74 Å². The third kappa shape index (κ3) is 3.77. The maximum absolute atomic E-state index is 13.8. The Bertz CT molecular complexity index is 500. The van der Waals surface area contributed by atoms with Crippen molar-refractivity contribution >= 4 is 11.8 Å². The van der Waals surface area contributed by atoms with Crippen molar-refractivity contribution in [3.63, 3.8) is 0 Å². The fourth-order valence-electron chi connectivity index (χ4n) is 2.26. The number of nitrogens with zero attached hydrogens (tertiary/aromatic N) is 2. The van der Waals surface area contributed by atoms with Crippen LogP contribution in [0.2, 0.25) is 0 Å². The number of piperazine rings is 1. The summed E-state index contributed by atoms with van der Waals surface area (Å²) in [6.07, 6.45) is -0.361. The second-order valence-corrected chi connectivity index (χ2v) is 6.06. The van der Waals surface area contributed by atoms with Crippen LogP contribution in [0.4, 0.5) is 14.9 Å². The van der Waals surface area contributed by atoms with Crippen LogP contribution in [0.15, 0.2) is 18.2 Å². The Kier molecular flexibility index (Phi) is 4.25. The number of para-hydroxylation sites is 1. The van der Waals surface area contributed by atoms with Gasteiger partial charge in [0.15, 0.2) is 0 Å². The van der Waals surface area contributed by atoms with Gasteiger partial charge in [-0.3, -0.25) is 0 Å². The molecule has 1 aliphatic heterocycles. The fourth-order valence-corrected chi connectivity index (χ4v) is 2.26. The second kappa shape index (κ2) is 5.79. The van der Waals surface area contributed by atoms with Crippen LogP contribution in [0.5, 0.6) is 5.75 Å². The van der Waals surface area contributed by atoms with E-state index in [0.29, 0.717) is 26.2 Å². The summed E-state index contributed by atoms with van der Waals surface area (Å²) >= 11 is 0. The van der Waals surface area contributed by atoms with Gasteiger partial charge in [-0.15, -0.1) is 0 Å². The van der Waals surface area contributed by atoms with Crippen molar-refractivity contribution in [2.24, 2.45) is 0 Å². The average Bonchev–Trinajstić information content (AvgIpc) is 2.37. The lowest BCUT2D eigenvalue weighted by Crippen LogP contribution is -2.50. The van der Waals surface area contributed by atoms with E-state index in [0.717, 1.165) is 0 Å². The van der Waals surface area contributed by atoms with Crippen molar-refractivity contribution in [1.29, 1.82) is 0 Å². The Balaban J connectivity index is 1.99. The number of rotatable bonds is 1. The van der Waals surface area contributed by atoms with Gasteiger partial charge in [0.25, 0.3) is 0 Å². The first-order chi connectivity index (χ1) is 9.78. The SMILES string of the molecule is CC(C)(C)OC(=O)N1CCN(c2c(O)cccc2F)CC1. The molecule has 0 aromatic heterocycles. The molecule has 5 nitrogen and oxygen atoms in total. The van der Waals surface area contributed by atoms with Gasteiger partial charge >= 0.3 is 6.09 Å². The van der Waals surface area contributed by atoms with Crippen molar-refractivity contribution in [2.45, 2.75) is 26.4 Å². The summed E-state index contributed by atoms with van der Waals surface area (Å²) in [6.45, 7) is 7.22. The number of halogens is 1. The smallest absolute Gasteiger partial charge is 0.410 e. The topological polar surface area (TPSA) is 53.0 Å². The van der Waals surface area contributed by atoms with Gasteiger partial charge in [0, 0.05) is 26.2 Å². The zero-order chi connectivity index (χ0) is 15.6. The monoisotopic (exact) mass is 296 g/mol. The van der Waals surface area contributed by atoms with Gasteiger partial charge in [-0.2, -0.15) is 0 Å². The van der Waals surface area contributed by atoms with E-state index in [1.165, 1.54) is 18.2 Å². The molecule has 0 radical (unpaired) electrons. The summed E-state index contributed by atoms with van der Waals surface area (Å²) in [5.74, 6) is -0.540. The molecule has 0 aliphatic carbocycles. The van der Waals surface area contributed by atoms with E-state index in [1.807, 2.05) is 20.8 Å². The van der Waals surface area contributed by atoms with Gasteiger partial charge in [0.1, 0.15) is 22.9 Å². The van der Waals surface area contributed by atoms with Crippen LogP contribution in [-0.4, -0.2) is 47.9 Å². The molecule has 1 heterocycles. The molecular weight excluding hydrogens is 275 g/mol. The van der Waals surface area contributed by atoms with Crippen LogP contribution in [0, 0.1) is 5.82 Å². The molecule has 1 aliphatic rings. The molecule has 0 bridgehead atoms. The van der Waals surface area contributed by atoms with Gasteiger partial charge in [-0.1, -0.05) is 6.07 Å². The second-order valence-electron chi connectivity index (χ2n) is 6.06. The number of carbonyl (C=O) groups is 1. The Hall–Kier alpha value is -1.98. The first-order valence-electron chi connectivity index (χ1n) is 6.98. The molecule has 1 fully saturated rings. The van der Waals surface area contributed by atoms with E-state index in [9.17, 15) is 14.3 Å². The third-order valence-electron chi connectivity index (χ3n) is 3.21.